The molecule has 0 unspecified atom stereocenters. The van der Waals surface area contributed by atoms with Crippen LogP contribution in [-0.2, 0) is 7.05 Å². The van der Waals surface area contributed by atoms with E-state index in [4.69, 9.17) is 0 Å². The number of pyridine rings is 1. The maximum absolute atomic E-state index is 14.4. The summed E-state index contributed by atoms with van der Waals surface area (Å²) in [5.74, 6) is 0.479. The van der Waals surface area contributed by atoms with Crippen LogP contribution in [-0.4, -0.2) is 27.7 Å². The molecular weight excluding hydrogens is 347 g/mol. The molecule has 0 radical (unpaired) electrons. The molecule has 7 nitrogen and oxygen atoms in total. The minimum Gasteiger partial charge on any atom is -0.355 e. The third-order valence-electron chi connectivity index (χ3n) is 4.11. The number of anilines is 4. The van der Waals surface area contributed by atoms with Gasteiger partial charge in [-0.3, -0.25) is 9.48 Å². The first-order valence-corrected chi connectivity index (χ1v) is 8.41. The number of carbonyl (C=O) groups excluding carboxylic acids is 1. The van der Waals surface area contributed by atoms with Crippen LogP contribution in [0, 0.1) is 19.7 Å². The SMILES string of the molecule is CNC(=O)c1cccc(F)c1Nc1cc(Nc2cc(C)nn2C)ncc1C. The molecule has 140 valence electrons. The van der Waals surface area contributed by atoms with Crippen molar-refractivity contribution in [2.45, 2.75) is 13.8 Å². The zero-order chi connectivity index (χ0) is 19.6. The first kappa shape index (κ1) is 18.4. The molecule has 0 aliphatic rings. The lowest BCUT2D eigenvalue weighted by molar-refractivity contribution is 0.0963. The quantitative estimate of drug-likeness (QED) is 0.643. The third-order valence-corrected chi connectivity index (χ3v) is 4.11. The summed E-state index contributed by atoms with van der Waals surface area (Å²) in [5, 5.41) is 13.0. The van der Waals surface area contributed by atoms with E-state index in [1.165, 1.54) is 19.2 Å². The predicted octanol–water partition coefficient (Wildman–Crippen LogP) is 3.42. The van der Waals surface area contributed by atoms with E-state index < -0.39 is 5.82 Å². The fourth-order valence-corrected chi connectivity index (χ4v) is 2.70. The van der Waals surface area contributed by atoms with Crippen molar-refractivity contribution in [2.75, 3.05) is 17.7 Å². The summed E-state index contributed by atoms with van der Waals surface area (Å²) in [6.45, 7) is 3.76. The zero-order valence-electron chi connectivity index (χ0n) is 15.6. The molecule has 27 heavy (non-hydrogen) atoms. The predicted molar refractivity (Wildman–Crippen MR) is 103 cm³/mol. The molecule has 0 aliphatic heterocycles. The molecule has 0 spiro atoms. The smallest absolute Gasteiger partial charge is 0.253 e. The molecular formula is C19H21FN6O. The van der Waals surface area contributed by atoms with Gasteiger partial charge in [0.05, 0.1) is 16.9 Å². The number of aryl methyl sites for hydroxylation is 3. The van der Waals surface area contributed by atoms with Crippen LogP contribution in [0.25, 0.3) is 0 Å². The van der Waals surface area contributed by atoms with Gasteiger partial charge in [0.15, 0.2) is 0 Å². The Morgan fingerprint density at radius 2 is 1.96 bits per heavy atom. The van der Waals surface area contributed by atoms with Gasteiger partial charge in [-0.15, -0.1) is 0 Å². The van der Waals surface area contributed by atoms with E-state index in [1.807, 2.05) is 27.0 Å². The largest absolute Gasteiger partial charge is 0.355 e. The Hall–Kier alpha value is -3.42. The van der Waals surface area contributed by atoms with E-state index in [0.717, 1.165) is 17.1 Å². The average molecular weight is 368 g/mol. The van der Waals surface area contributed by atoms with Gasteiger partial charge in [0.2, 0.25) is 0 Å². The molecule has 1 aromatic carbocycles. The highest BCUT2D eigenvalue weighted by atomic mass is 19.1. The highest BCUT2D eigenvalue weighted by Gasteiger charge is 2.15. The van der Waals surface area contributed by atoms with Crippen LogP contribution in [0.3, 0.4) is 0 Å². The van der Waals surface area contributed by atoms with Crippen molar-refractivity contribution in [3.63, 3.8) is 0 Å². The van der Waals surface area contributed by atoms with Gasteiger partial charge in [-0.2, -0.15) is 5.10 Å². The fraction of sp³-hybridized carbons (Fsp3) is 0.211. The Morgan fingerprint density at radius 3 is 2.63 bits per heavy atom. The van der Waals surface area contributed by atoms with Crippen LogP contribution < -0.4 is 16.0 Å². The van der Waals surface area contributed by atoms with Crippen molar-refractivity contribution in [2.24, 2.45) is 7.05 Å². The number of nitrogens with zero attached hydrogens (tertiary/aromatic N) is 3. The number of para-hydroxylation sites is 1. The van der Waals surface area contributed by atoms with Gasteiger partial charge in [-0.25, -0.2) is 9.37 Å². The van der Waals surface area contributed by atoms with Gasteiger partial charge in [0, 0.05) is 38.1 Å². The van der Waals surface area contributed by atoms with E-state index in [-0.39, 0.29) is 17.2 Å². The van der Waals surface area contributed by atoms with E-state index in [1.54, 1.807) is 23.0 Å². The lowest BCUT2D eigenvalue weighted by atomic mass is 10.1. The lowest BCUT2D eigenvalue weighted by Crippen LogP contribution is -2.19. The van der Waals surface area contributed by atoms with Crippen molar-refractivity contribution >= 4 is 28.9 Å². The average Bonchev–Trinajstić information content (AvgIpc) is 2.95. The molecule has 0 aliphatic carbocycles. The standard InChI is InChI=1S/C19H21FN6O/c1-11-10-22-16(24-17-8-12(2)25-26(17)4)9-15(11)23-18-13(19(27)21-3)6-5-7-14(18)20/h5-10H,1-4H3,(H,21,27)(H2,22,23,24). The Bertz CT molecular complexity index is 998. The van der Waals surface area contributed by atoms with E-state index in [2.05, 4.69) is 26.0 Å². The van der Waals surface area contributed by atoms with Gasteiger partial charge in [0.1, 0.15) is 17.5 Å². The lowest BCUT2D eigenvalue weighted by Gasteiger charge is -2.15. The molecule has 3 aromatic rings. The Kier molecular flexibility index (Phi) is 5.07. The monoisotopic (exact) mass is 368 g/mol. The number of hydrogen-bond donors (Lipinski definition) is 3. The normalized spacial score (nSPS) is 10.6. The van der Waals surface area contributed by atoms with E-state index in [9.17, 15) is 9.18 Å². The minimum absolute atomic E-state index is 0.119. The second-order valence-corrected chi connectivity index (χ2v) is 6.17. The first-order valence-electron chi connectivity index (χ1n) is 8.41. The summed E-state index contributed by atoms with van der Waals surface area (Å²) in [5.41, 5.74) is 2.68. The van der Waals surface area contributed by atoms with Crippen molar-refractivity contribution in [3.05, 3.63) is 59.2 Å². The summed E-state index contributed by atoms with van der Waals surface area (Å²) < 4.78 is 16.1. The highest BCUT2D eigenvalue weighted by Crippen LogP contribution is 2.28. The van der Waals surface area contributed by atoms with Gasteiger partial charge in [0.25, 0.3) is 5.91 Å². The van der Waals surface area contributed by atoms with Gasteiger partial charge in [-0.1, -0.05) is 6.07 Å². The fourth-order valence-electron chi connectivity index (χ4n) is 2.70. The molecule has 2 aromatic heterocycles. The van der Waals surface area contributed by atoms with Crippen LogP contribution in [0.2, 0.25) is 0 Å². The van der Waals surface area contributed by atoms with Gasteiger partial charge >= 0.3 is 0 Å². The Morgan fingerprint density at radius 1 is 1.19 bits per heavy atom. The third kappa shape index (κ3) is 3.89. The number of aromatic nitrogens is 3. The maximum atomic E-state index is 14.4. The molecule has 0 bridgehead atoms. The summed E-state index contributed by atoms with van der Waals surface area (Å²) >= 11 is 0. The molecule has 0 saturated carbocycles. The number of halogens is 1. The van der Waals surface area contributed by atoms with Crippen LogP contribution in [0.4, 0.5) is 27.4 Å². The summed E-state index contributed by atoms with van der Waals surface area (Å²) in [6, 6.07) is 8.04. The Labute approximate surface area is 156 Å². The minimum atomic E-state index is -0.510. The molecule has 0 atom stereocenters. The second kappa shape index (κ2) is 7.45. The highest BCUT2D eigenvalue weighted by molar-refractivity contribution is 6.00. The Balaban J connectivity index is 1.94. The van der Waals surface area contributed by atoms with Crippen molar-refractivity contribution in [1.82, 2.24) is 20.1 Å². The maximum Gasteiger partial charge on any atom is 0.253 e. The van der Waals surface area contributed by atoms with Crippen molar-refractivity contribution in [1.29, 1.82) is 0 Å². The number of nitrogens with one attached hydrogen (secondary N) is 3. The van der Waals surface area contributed by atoms with Gasteiger partial charge < -0.3 is 16.0 Å². The molecule has 0 fully saturated rings. The summed E-state index contributed by atoms with van der Waals surface area (Å²) in [6.07, 6.45) is 1.67. The number of amides is 1. The van der Waals surface area contributed by atoms with E-state index >= 15 is 0 Å². The van der Waals surface area contributed by atoms with Crippen LogP contribution in [0.15, 0.2) is 36.5 Å². The van der Waals surface area contributed by atoms with Crippen LogP contribution in [0.1, 0.15) is 21.6 Å². The first-order chi connectivity index (χ1) is 12.9. The van der Waals surface area contributed by atoms with Gasteiger partial charge in [-0.05, 0) is 31.5 Å². The number of hydrogen-bond acceptors (Lipinski definition) is 5. The van der Waals surface area contributed by atoms with Crippen LogP contribution >= 0.6 is 0 Å². The summed E-state index contributed by atoms with van der Waals surface area (Å²) in [4.78, 5) is 16.4. The van der Waals surface area contributed by atoms with Crippen molar-refractivity contribution < 1.29 is 9.18 Å². The number of rotatable bonds is 5. The molecule has 8 heteroatoms. The molecule has 3 rings (SSSR count). The molecule has 1 amide bonds. The molecule has 3 N–H and O–H groups in total. The molecule has 2 heterocycles. The second-order valence-electron chi connectivity index (χ2n) is 6.17. The zero-order valence-corrected chi connectivity index (χ0v) is 15.6. The topological polar surface area (TPSA) is 83.9 Å². The van der Waals surface area contributed by atoms with Crippen LogP contribution in [0.5, 0.6) is 0 Å². The van der Waals surface area contributed by atoms with E-state index in [0.29, 0.717) is 11.5 Å². The number of carbonyl (C=O) groups is 1. The number of benzene rings is 1. The summed E-state index contributed by atoms with van der Waals surface area (Å²) in [7, 11) is 3.34. The van der Waals surface area contributed by atoms with Crippen molar-refractivity contribution in [3.8, 4) is 0 Å². The molecule has 0 saturated heterocycles.